The Kier molecular flexibility index (Phi) is 4.19. The molecule has 0 atom stereocenters. The van der Waals surface area contributed by atoms with E-state index < -0.39 is 0 Å². The number of likely N-dealkylation sites (tertiary alicyclic amines) is 1. The van der Waals surface area contributed by atoms with Gasteiger partial charge >= 0.3 is 0 Å². The molecule has 2 heterocycles. The van der Waals surface area contributed by atoms with Gasteiger partial charge in [-0.3, -0.25) is 4.79 Å². The molecule has 1 N–H and O–H groups in total. The number of carbonyl (C=O) groups is 1. The Morgan fingerprint density at radius 2 is 2.28 bits per heavy atom. The van der Waals surface area contributed by atoms with Crippen LogP contribution in [0, 0.1) is 0 Å². The minimum absolute atomic E-state index is 0.0127. The molecule has 1 aromatic heterocycles. The highest BCUT2D eigenvalue weighted by Crippen LogP contribution is 2.30. The lowest BCUT2D eigenvalue weighted by molar-refractivity contribution is -0.129. The summed E-state index contributed by atoms with van der Waals surface area (Å²) in [6.07, 6.45) is 1.83. The van der Waals surface area contributed by atoms with E-state index >= 15 is 0 Å². The molecule has 0 radical (unpaired) electrons. The Morgan fingerprint density at radius 3 is 2.83 bits per heavy atom. The number of thiazole rings is 1. The summed E-state index contributed by atoms with van der Waals surface area (Å²) in [5.41, 5.74) is 0.508. The number of piperidine rings is 1. The van der Waals surface area contributed by atoms with E-state index in [2.05, 4.69) is 10.1 Å². The van der Waals surface area contributed by atoms with E-state index in [0.29, 0.717) is 11.6 Å². The van der Waals surface area contributed by atoms with Crippen LogP contribution in [0.1, 0.15) is 36.4 Å². The molecule has 1 saturated heterocycles. The average Bonchev–Trinajstić information content (AvgIpc) is 2.87. The molecule has 18 heavy (non-hydrogen) atoms. The van der Waals surface area contributed by atoms with Crippen LogP contribution in [-0.2, 0) is 4.79 Å². The third kappa shape index (κ3) is 2.81. The predicted octanol–water partition coefficient (Wildman–Crippen LogP) is 2.24. The minimum atomic E-state index is 0.0127. The van der Waals surface area contributed by atoms with Crippen LogP contribution in [-0.4, -0.2) is 39.3 Å². The van der Waals surface area contributed by atoms with Gasteiger partial charge in [0, 0.05) is 31.3 Å². The number of hydrogen-bond acceptors (Lipinski definition) is 5. The summed E-state index contributed by atoms with van der Waals surface area (Å²) >= 11 is 7.22. The Hall–Kier alpha value is -1.14. The van der Waals surface area contributed by atoms with Crippen molar-refractivity contribution in [1.29, 1.82) is 0 Å². The van der Waals surface area contributed by atoms with Crippen molar-refractivity contribution in [3.05, 3.63) is 16.1 Å². The number of hydrogen-bond donors (Lipinski definition) is 1. The zero-order valence-electron chi connectivity index (χ0n) is 9.97. The first-order valence-corrected chi connectivity index (χ1v) is 6.96. The second-order valence-corrected chi connectivity index (χ2v) is 5.49. The molecule has 0 spiro atoms. The molecule has 1 aliphatic heterocycles. The maximum Gasteiger partial charge on any atom is 0.219 e. The number of amides is 1. The van der Waals surface area contributed by atoms with Crippen LogP contribution in [0.3, 0.4) is 0 Å². The van der Waals surface area contributed by atoms with E-state index in [0.717, 1.165) is 30.9 Å². The molecule has 98 valence electrons. The topological polar surface area (TPSA) is 65.8 Å². The molecule has 2 rings (SSSR count). The van der Waals surface area contributed by atoms with E-state index in [1.807, 2.05) is 4.90 Å². The Morgan fingerprint density at radius 1 is 1.61 bits per heavy atom. The second-order valence-electron chi connectivity index (χ2n) is 4.24. The fraction of sp³-hybridized carbons (Fsp3) is 0.545. The van der Waals surface area contributed by atoms with Crippen LogP contribution < -0.4 is 0 Å². The van der Waals surface area contributed by atoms with Crippen molar-refractivity contribution in [3.63, 3.8) is 0 Å². The van der Waals surface area contributed by atoms with Gasteiger partial charge in [-0.15, -0.1) is 11.3 Å². The smallest absolute Gasteiger partial charge is 0.219 e. The molecule has 5 nitrogen and oxygen atoms in total. The van der Waals surface area contributed by atoms with Gasteiger partial charge in [0.2, 0.25) is 5.91 Å². The van der Waals surface area contributed by atoms with Crippen molar-refractivity contribution >= 4 is 34.0 Å². The SMILES string of the molecule is CC(=O)N1CCC(c2nc(C(Cl)=NO)cs2)CC1. The zero-order chi connectivity index (χ0) is 13.1. The number of carbonyl (C=O) groups excluding carboxylic acids is 1. The van der Waals surface area contributed by atoms with E-state index in [1.54, 1.807) is 12.3 Å². The lowest BCUT2D eigenvalue weighted by Gasteiger charge is -2.30. The van der Waals surface area contributed by atoms with Gasteiger partial charge in [0.05, 0.1) is 5.01 Å². The first-order chi connectivity index (χ1) is 8.61. The summed E-state index contributed by atoms with van der Waals surface area (Å²) in [5.74, 6) is 0.492. The third-order valence-corrected chi connectivity index (χ3v) is 4.39. The number of halogens is 1. The largest absolute Gasteiger partial charge is 0.410 e. The number of oxime groups is 1. The van der Waals surface area contributed by atoms with E-state index in [4.69, 9.17) is 16.8 Å². The van der Waals surface area contributed by atoms with Crippen molar-refractivity contribution in [1.82, 2.24) is 9.88 Å². The Bertz CT molecular complexity index is 467. The highest BCUT2D eigenvalue weighted by molar-refractivity contribution is 7.10. The van der Waals surface area contributed by atoms with Gasteiger partial charge in [-0.1, -0.05) is 16.8 Å². The fourth-order valence-corrected chi connectivity index (χ4v) is 3.20. The molecular weight excluding hydrogens is 274 g/mol. The molecule has 0 aliphatic carbocycles. The van der Waals surface area contributed by atoms with Gasteiger partial charge in [-0.25, -0.2) is 4.98 Å². The van der Waals surface area contributed by atoms with Crippen molar-refractivity contribution < 1.29 is 10.0 Å². The second kappa shape index (κ2) is 5.67. The van der Waals surface area contributed by atoms with Gasteiger partial charge in [-0.2, -0.15) is 0 Å². The fourth-order valence-electron chi connectivity index (χ4n) is 2.06. The molecular formula is C11H14ClN3O2S. The molecule has 7 heteroatoms. The van der Waals surface area contributed by atoms with E-state index in [1.165, 1.54) is 11.3 Å². The third-order valence-electron chi connectivity index (χ3n) is 3.11. The highest BCUT2D eigenvalue weighted by Gasteiger charge is 2.24. The van der Waals surface area contributed by atoms with Gasteiger partial charge in [0.1, 0.15) is 5.69 Å². The van der Waals surface area contributed by atoms with Crippen molar-refractivity contribution in [2.45, 2.75) is 25.7 Å². The monoisotopic (exact) mass is 287 g/mol. The average molecular weight is 288 g/mol. The lowest BCUT2D eigenvalue weighted by Crippen LogP contribution is -2.36. The molecule has 0 saturated carbocycles. The van der Waals surface area contributed by atoms with E-state index in [-0.39, 0.29) is 11.1 Å². The van der Waals surface area contributed by atoms with Crippen LogP contribution in [0.4, 0.5) is 0 Å². The summed E-state index contributed by atoms with van der Waals surface area (Å²) in [6.45, 7) is 3.15. The van der Waals surface area contributed by atoms with Gasteiger partial charge in [0.15, 0.2) is 5.17 Å². The molecule has 1 aromatic rings. The predicted molar refractivity (Wildman–Crippen MR) is 70.5 cm³/mol. The standard InChI is InChI=1S/C11H14ClN3O2S/c1-7(16)15-4-2-8(3-5-15)11-13-9(6-18-11)10(12)14-17/h6,8,17H,2-5H2,1H3. The summed E-state index contributed by atoms with van der Waals surface area (Å²) in [4.78, 5) is 17.4. The molecule has 0 bridgehead atoms. The van der Waals surface area contributed by atoms with Gasteiger partial charge < -0.3 is 10.1 Å². The molecule has 0 unspecified atom stereocenters. The minimum Gasteiger partial charge on any atom is -0.410 e. The first kappa shape index (κ1) is 13.3. The maximum atomic E-state index is 11.2. The van der Waals surface area contributed by atoms with Crippen molar-refractivity contribution in [2.24, 2.45) is 5.16 Å². The molecule has 1 fully saturated rings. The lowest BCUT2D eigenvalue weighted by atomic mass is 9.97. The number of nitrogens with zero attached hydrogens (tertiary/aromatic N) is 3. The van der Waals surface area contributed by atoms with Crippen LogP contribution in [0.2, 0.25) is 0 Å². The van der Waals surface area contributed by atoms with Gasteiger partial charge in [0.25, 0.3) is 0 Å². The highest BCUT2D eigenvalue weighted by atomic mass is 35.5. The van der Waals surface area contributed by atoms with E-state index in [9.17, 15) is 4.79 Å². The first-order valence-electron chi connectivity index (χ1n) is 5.70. The maximum absolute atomic E-state index is 11.2. The molecule has 1 amide bonds. The Labute approximate surface area is 114 Å². The van der Waals surface area contributed by atoms with Gasteiger partial charge in [-0.05, 0) is 12.8 Å². The summed E-state index contributed by atoms with van der Waals surface area (Å²) in [7, 11) is 0. The quantitative estimate of drug-likeness (QED) is 0.515. The van der Waals surface area contributed by atoms with Crippen LogP contribution in [0.25, 0.3) is 0 Å². The van der Waals surface area contributed by atoms with Crippen molar-refractivity contribution in [2.75, 3.05) is 13.1 Å². The number of rotatable bonds is 2. The molecule has 1 aliphatic rings. The summed E-state index contributed by atoms with van der Waals surface area (Å²) in [6, 6.07) is 0. The molecule has 0 aromatic carbocycles. The summed E-state index contributed by atoms with van der Waals surface area (Å²) in [5, 5.41) is 14.3. The summed E-state index contributed by atoms with van der Waals surface area (Å²) < 4.78 is 0. The Balaban J connectivity index is 2.02. The number of aromatic nitrogens is 1. The van der Waals surface area contributed by atoms with Crippen LogP contribution in [0.15, 0.2) is 10.5 Å². The van der Waals surface area contributed by atoms with Crippen LogP contribution in [0.5, 0.6) is 0 Å². The zero-order valence-corrected chi connectivity index (χ0v) is 11.5. The van der Waals surface area contributed by atoms with Crippen LogP contribution >= 0.6 is 22.9 Å². The normalized spacial score (nSPS) is 18.1. The van der Waals surface area contributed by atoms with Crippen molar-refractivity contribution in [3.8, 4) is 0 Å².